The predicted molar refractivity (Wildman–Crippen MR) is 56.7 cm³/mol. The van der Waals surface area contributed by atoms with Gasteiger partial charge in [-0.05, 0) is 18.2 Å². The molecule has 0 saturated carbocycles. The number of methoxy groups -OCH3 is 1. The molecule has 0 aliphatic rings. The van der Waals surface area contributed by atoms with Crippen molar-refractivity contribution in [1.82, 2.24) is 0 Å². The highest BCUT2D eigenvalue weighted by atomic mass is 19.1. The number of hydrogen-bond donors (Lipinski definition) is 3. The standard InChI is InChI=1S/C9H11BFNO4/c1-16-5-9(13)12-6-2-3-8(11)7(4-6)10(14)15/h2-4,14-15H,5H2,1H3,(H,12,13). The van der Waals surface area contributed by atoms with Gasteiger partial charge in [-0.1, -0.05) is 0 Å². The number of hydrogen-bond acceptors (Lipinski definition) is 4. The second kappa shape index (κ2) is 5.59. The van der Waals surface area contributed by atoms with Crippen LogP contribution in [0.1, 0.15) is 0 Å². The molecular weight excluding hydrogens is 216 g/mol. The zero-order valence-electron chi connectivity index (χ0n) is 8.61. The number of halogens is 1. The van der Waals surface area contributed by atoms with E-state index in [4.69, 9.17) is 10.0 Å². The van der Waals surface area contributed by atoms with E-state index >= 15 is 0 Å². The van der Waals surface area contributed by atoms with Gasteiger partial charge in [-0.2, -0.15) is 0 Å². The molecule has 1 amide bonds. The molecule has 1 rings (SSSR count). The molecule has 0 unspecified atom stereocenters. The van der Waals surface area contributed by atoms with Crippen LogP contribution >= 0.6 is 0 Å². The molecule has 86 valence electrons. The SMILES string of the molecule is COCC(=O)Nc1ccc(F)c(B(O)O)c1. The lowest BCUT2D eigenvalue weighted by molar-refractivity contribution is -0.119. The van der Waals surface area contributed by atoms with Gasteiger partial charge in [0.2, 0.25) is 5.91 Å². The van der Waals surface area contributed by atoms with Crippen molar-refractivity contribution in [1.29, 1.82) is 0 Å². The third kappa shape index (κ3) is 3.30. The number of benzene rings is 1. The van der Waals surface area contributed by atoms with Gasteiger partial charge < -0.3 is 20.1 Å². The molecule has 0 heterocycles. The first-order valence-electron chi connectivity index (χ1n) is 4.49. The summed E-state index contributed by atoms with van der Waals surface area (Å²) in [6.45, 7) is -0.131. The molecule has 1 aromatic rings. The van der Waals surface area contributed by atoms with Crippen molar-refractivity contribution >= 4 is 24.2 Å². The van der Waals surface area contributed by atoms with Crippen molar-refractivity contribution in [2.45, 2.75) is 0 Å². The van der Waals surface area contributed by atoms with Crippen molar-refractivity contribution in [2.75, 3.05) is 19.0 Å². The fourth-order valence-electron chi connectivity index (χ4n) is 1.15. The molecule has 5 nitrogen and oxygen atoms in total. The highest BCUT2D eigenvalue weighted by Crippen LogP contribution is 2.07. The molecule has 0 bridgehead atoms. The lowest BCUT2D eigenvalue weighted by Crippen LogP contribution is -2.33. The number of amides is 1. The topological polar surface area (TPSA) is 78.8 Å². The smallest absolute Gasteiger partial charge is 0.423 e. The average molecular weight is 227 g/mol. The Balaban J connectivity index is 2.82. The first-order chi connectivity index (χ1) is 7.54. The molecule has 0 aromatic heterocycles. The van der Waals surface area contributed by atoms with Crippen LogP contribution in [0, 0.1) is 5.82 Å². The molecule has 0 aliphatic carbocycles. The Hall–Kier alpha value is -1.44. The van der Waals surface area contributed by atoms with Crippen LogP contribution in [0.25, 0.3) is 0 Å². The number of carbonyl (C=O) groups is 1. The number of rotatable bonds is 4. The van der Waals surface area contributed by atoms with Crippen LogP contribution in [0.15, 0.2) is 18.2 Å². The van der Waals surface area contributed by atoms with Gasteiger partial charge in [0, 0.05) is 18.3 Å². The molecule has 0 aliphatic heterocycles. The Bertz CT molecular complexity index is 386. The molecule has 0 saturated heterocycles. The molecule has 16 heavy (non-hydrogen) atoms. The fourth-order valence-corrected chi connectivity index (χ4v) is 1.15. The Labute approximate surface area is 92.0 Å². The fraction of sp³-hybridized carbons (Fsp3) is 0.222. The molecular formula is C9H11BFNO4. The molecule has 3 N–H and O–H groups in total. The van der Waals surface area contributed by atoms with Crippen molar-refractivity contribution in [3.8, 4) is 0 Å². The average Bonchev–Trinajstić information content (AvgIpc) is 2.21. The zero-order chi connectivity index (χ0) is 12.1. The van der Waals surface area contributed by atoms with E-state index in [9.17, 15) is 9.18 Å². The van der Waals surface area contributed by atoms with Crippen molar-refractivity contribution in [2.24, 2.45) is 0 Å². The van der Waals surface area contributed by atoms with Crippen LogP contribution in [0.2, 0.25) is 0 Å². The van der Waals surface area contributed by atoms with Crippen molar-refractivity contribution in [3.63, 3.8) is 0 Å². The van der Waals surface area contributed by atoms with Gasteiger partial charge in [-0.25, -0.2) is 4.39 Å². The summed E-state index contributed by atoms with van der Waals surface area (Å²) in [6, 6.07) is 3.50. The number of nitrogens with one attached hydrogen (secondary N) is 1. The molecule has 1 aromatic carbocycles. The quantitative estimate of drug-likeness (QED) is 0.582. The van der Waals surface area contributed by atoms with E-state index in [0.29, 0.717) is 0 Å². The number of anilines is 1. The summed E-state index contributed by atoms with van der Waals surface area (Å²) in [5.74, 6) is -1.16. The molecule has 0 atom stereocenters. The Morgan fingerprint density at radius 3 is 2.81 bits per heavy atom. The van der Waals surface area contributed by atoms with E-state index in [1.165, 1.54) is 13.2 Å². The zero-order valence-corrected chi connectivity index (χ0v) is 8.61. The van der Waals surface area contributed by atoms with E-state index in [-0.39, 0.29) is 17.8 Å². The summed E-state index contributed by atoms with van der Waals surface area (Å²) in [5.41, 5.74) is -0.0261. The van der Waals surface area contributed by atoms with Crippen LogP contribution in [-0.2, 0) is 9.53 Å². The van der Waals surface area contributed by atoms with E-state index in [1.54, 1.807) is 0 Å². The Kier molecular flexibility index (Phi) is 4.42. The highest BCUT2D eigenvalue weighted by Gasteiger charge is 2.17. The first kappa shape index (κ1) is 12.6. The van der Waals surface area contributed by atoms with Gasteiger partial charge in [0.05, 0.1) is 0 Å². The maximum atomic E-state index is 13.0. The second-order valence-corrected chi connectivity index (χ2v) is 3.09. The molecule has 0 fully saturated rings. The third-order valence-corrected chi connectivity index (χ3v) is 1.83. The molecule has 7 heteroatoms. The van der Waals surface area contributed by atoms with Crippen LogP contribution in [-0.4, -0.2) is 36.8 Å². The Morgan fingerprint density at radius 2 is 2.25 bits per heavy atom. The van der Waals surface area contributed by atoms with Crippen molar-refractivity contribution in [3.05, 3.63) is 24.0 Å². The van der Waals surface area contributed by atoms with Gasteiger partial charge in [0.1, 0.15) is 12.4 Å². The maximum Gasteiger partial charge on any atom is 0.491 e. The maximum absolute atomic E-state index is 13.0. The lowest BCUT2D eigenvalue weighted by atomic mass is 9.79. The minimum absolute atomic E-state index is 0.131. The number of ether oxygens (including phenoxy) is 1. The molecule has 0 spiro atoms. The second-order valence-electron chi connectivity index (χ2n) is 3.09. The lowest BCUT2D eigenvalue weighted by Gasteiger charge is -2.07. The van der Waals surface area contributed by atoms with Gasteiger partial charge >= 0.3 is 7.12 Å². The minimum Gasteiger partial charge on any atom is -0.423 e. The monoisotopic (exact) mass is 227 g/mol. The first-order valence-corrected chi connectivity index (χ1v) is 4.49. The summed E-state index contributed by atoms with van der Waals surface area (Å²) >= 11 is 0. The Morgan fingerprint density at radius 1 is 1.56 bits per heavy atom. The minimum atomic E-state index is -1.92. The number of carbonyl (C=O) groups excluding carboxylic acids is 1. The van der Waals surface area contributed by atoms with Crippen LogP contribution < -0.4 is 10.8 Å². The third-order valence-electron chi connectivity index (χ3n) is 1.83. The van der Waals surface area contributed by atoms with Crippen molar-refractivity contribution < 1.29 is 24.0 Å². The summed E-state index contributed by atoms with van der Waals surface area (Å²) in [6.07, 6.45) is 0. The van der Waals surface area contributed by atoms with E-state index in [2.05, 4.69) is 10.1 Å². The summed E-state index contributed by atoms with van der Waals surface area (Å²) in [7, 11) is -0.549. The predicted octanol–water partition coefficient (Wildman–Crippen LogP) is -0.910. The van der Waals surface area contributed by atoms with Crippen LogP contribution in [0.5, 0.6) is 0 Å². The summed E-state index contributed by atoms with van der Waals surface area (Å²) in [4.78, 5) is 11.1. The van der Waals surface area contributed by atoms with E-state index in [0.717, 1.165) is 12.1 Å². The summed E-state index contributed by atoms with van der Waals surface area (Å²) in [5, 5.41) is 20.1. The highest BCUT2D eigenvalue weighted by molar-refractivity contribution is 6.58. The van der Waals surface area contributed by atoms with E-state index < -0.39 is 18.8 Å². The largest absolute Gasteiger partial charge is 0.491 e. The van der Waals surface area contributed by atoms with Gasteiger partial charge in [-0.3, -0.25) is 4.79 Å². The molecule has 0 radical (unpaired) electrons. The summed E-state index contributed by atoms with van der Waals surface area (Å²) < 4.78 is 17.6. The van der Waals surface area contributed by atoms with Crippen LogP contribution in [0.3, 0.4) is 0 Å². The normalized spacial score (nSPS) is 10.0. The van der Waals surface area contributed by atoms with Crippen LogP contribution in [0.4, 0.5) is 10.1 Å². The van der Waals surface area contributed by atoms with E-state index in [1.807, 2.05) is 0 Å². The van der Waals surface area contributed by atoms with Gasteiger partial charge in [0.15, 0.2) is 0 Å². The van der Waals surface area contributed by atoms with Gasteiger partial charge in [-0.15, -0.1) is 0 Å². The van der Waals surface area contributed by atoms with Gasteiger partial charge in [0.25, 0.3) is 0 Å².